The Morgan fingerprint density at radius 3 is 2.76 bits per heavy atom. The van der Waals surface area contributed by atoms with E-state index in [0.29, 0.717) is 6.61 Å². The molecule has 1 aliphatic rings. The van der Waals surface area contributed by atoms with E-state index in [1.165, 1.54) is 0 Å². The van der Waals surface area contributed by atoms with Crippen LogP contribution in [0.1, 0.15) is 25.0 Å². The van der Waals surface area contributed by atoms with Crippen molar-refractivity contribution >= 4 is 0 Å². The van der Waals surface area contributed by atoms with E-state index in [1.54, 1.807) is 7.11 Å². The summed E-state index contributed by atoms with van der Waals surface area (Å²) in [4.78, 5) is 0. The predicted octanol–water partition coefficient (Wildman–Crippen LogP) is 1.83. The van der Waals surface area contributed by atoms with Gasteiger partial charge in [0.05, 0.1) is 13.2 Å². The highest BCUT2D eigenvalue weighted by Crippen LogP contribution is 2.43. The zero-order valence-corrected chi connectivity index (χ0v) is 10.4. The summed E-state index contributed by atoms with van der Waals surface area (Å²) >= 11 is 0. The van der Waals surface area contributed by atoms with Crippen LogP contribution in [0.4, 0.5) is 0 Å². The molecule has 0 unspecified atom stereocenters. The number of benzene rings is 1. The molecule has 0 aromatic heterocycles. The molecule has 1 N–H and O–H groups in total. The number of hydrogen-bond donors (Lipinski definition) is 1. The summed E-state index contributed by atoms with van der Waals surface area (Å²) < 4.78 is 16.1. The van der Waals surface area contributed by atoms with E-state index in [-0.39, 0.29) is 18.8 Å². The number of aliphatic hydroxyl groups excluding tert-OH is 1. The van der Waals surface area contributed by atoms with E-state index in [4.69, 9.17) is 14.2 Å². The van der Waals surface area contributed by atoms with Crippen molar-refractivity contribution in [2.75, 3.05) is 20.5 Å². The van der Waals surface area contributed by atoms with Crippen LogP contribution in [-0.2, 0) is 16.8 Å². The molecule has 1 heterocycles. The molecule has 94 valence electrons. The first-order chi connectivity index (χ1) is 8.10. The second-order valence-corrected chi connectivity index (χ2v) is 4.81. The Morgan fingerprint density at radius 2 is 2.12 bits per heavy atom. The van der Waals surface area contributed by atoms with Crippen molar-refractivity contribution in [3.05, 3.63) is 23.3 Å². The summed E-state index contributed by atoms with van der Waals surface area (Å²) in [5, 5.41) is 9.53. The highest BCUT2D eigenvalue weighted by atomic mass is 16.7. The smallest absolute Gasteiger partial charge is 0.231 e. The maximum absolute atomic E-state index is 9.53. The Bertz CT molecular complexity index is 412. The largest absolute Gasteiger partial charge is 0.454 e. The molecule has 4 heteroatoms. The molecule has 0 saturated heterocycles. The fourth-order valence-electron chi connectivity index (χ4n) is 2.11. The molecule has 1 aromatic rings. The number of aliphatic hydroxyl groups is 1. The van der Waals surface area contributed by atoms with Crippen molar-refractivity contribution in [3.8, 4) is 11.5 Å². The standard InChI is InChI=1S/C13H18O4/c1-13(2,7-14)11-9(6-15-3)4-5-10-12(11)17-8-16-10/h4-5,14H,6-8H2,1-3H3. The van der Waals surface area contributed by atoms with Crippen LogP contribution < -0.4 is 9.47 Å². The van der Waals surface area contributed by atoms with Crippen molar-refractivity contribution in [1.82, 2.24) is 0 Å². The fourth-order valence-corrected chi connectivity index (χ4v) is 2.11. The highest BCUT2D eigenvalue weighted by molar-refractivity contribution is 5.55. The Kier molecular flexibility index (Phi) is 3.26. The Balaban J connectivity index is 2.55. The van der Waals surface area contributed by atoms with Crippen molar-refractivity contribution in [2.45, 2.75) is 25.9 Å². The van der Waals surface area contributed by atoms with Crippen LogP contribution in [0.2, 0.25) is 0 Å². The Hall–Kier alpha value is -1.26. The fraction of sp³-hybridized carbons (Fsp3) is 0.538. The van der Waals surface area contributed by atoms with Gasteiger partial charge in [-0.2, -0.15) is 0 Å². The molecule has 4 nitrogen and oxygen atoms in total. The zero-order valence-electron chi connectivity index (χ0n) is 10.4. The van der Waals surface area contributed by atoms with E-state index >= 15 is 0 Å². The summed E-state index contributed by atoms with van der Waals surface area (Å²) in [7, 11) is 1.65. The summed E-state index contributed by atoms with van der Waals surface area (Å²) in [5.41, 5.74) is 1.61. The number of methoxy groups -OCH3 is 1. The van der Waals surface area contributed by atoms with Gasteiger partial charge in [0, 0.05) is 18.1 Å². The summed E-state index contributed by atoms with van der Waals surface area (Å²) in [6.07, 6.45) is 0. The molecule has 17 heavy (non-hydrogen) atoms. The van der Waals surface area contributed by atoms with E-state index in [0.717, 1.165) is 22.6 Å². The summed E-state index contributed by atoms with van der Waals surface area (Å²) in [6.45, 7) is 4.73. The average Bonchev–Trinajstić information content (AvgIpc) is 2.76. The van der Waals surface area contributed by atoms with Crippen molar-refractivity contribution in [2.24, 2.45) is 0 Å². The van der Waals surface area contributed by atoms with Crippen LogP contribution in [-0.4, -0.2) is 25.6 Å². The lowest BCUT2D eigenvalue weighted by atomic mass is 9.81. The molecule has 0 amide bonds. The van der Waals surface area contributed by atoms with Crippen LogP contribution in [0.5, 0.6) is 11.5 Å². The Morgan fingerprint density at radius 1 is 1.35 bits per heavy atom. The van der Waals surface area contributed by atoms with E-state index in [1.807, 2.05) is 26.0 Å². The second-order valence-electron chi connectivity index (χ2n) is 4.81. The third-order valence-electron chi connectivity index (χ3n) is 3.00. The highest BCUT2D eigenvalue weighted by Gasteiger charge is 2.31. The quantitative estimate of drug-likeness (QED) is 0.869. The first kappa shape index (κ1) is 12.2. The molecular weight excluding hydrogens is 220 g/mol. The zero-order chi connectivity index (χ0) is 12.5. The van der Waals surface area contributed by atoms with Crippen LogP contribution in [0.3, 0.4) is 0 Å². The molecule has 0 atom stereocenters. The average molecular weight is 238 g/mol. The molecule has 0 spiro atoms. The topological polar surface area (TPSA) is 47.9 Å². The molecule has 0 aliphatic carbocycles. The maximum atomic E-state index is 9.53. The lowest BCUT2D eigenvalue weighted by Gasteiger charge is -2.26. The van der Waals surface area contributed by atoms with Crippen LogP contribution in [0.25, 0.3) is 0 Å². The number of hydrogen-bond acceptors (Lipinski definition) is 4. The molecule has 2 rings (SSSR count). The molecule has 1 aliphatic heterocycles. The van der Waals surface area contributed by atoms with Gasteiger partial charge in [-0.3, -0.25) is 0 Å². The normalized spacial score (nSPS) is 14.1. The third-order valence-corrected chi connectivity index (χ3v) is 3.00. The van der Waals surface area contributed by atoms with Gasteiger partial charge in [0.15, 0.2) is 11.5 Å². The maximum Gasteiger partial charge on any atom is 0.231 e. The van der Waals surface area contributed by atoms with Gasteiger partial charge in [-0.1, -0.05) is 19.9 Å². The van der Waals surface area contributed by atoms with Gasteiger partial charge in [0.2, 0.25) is 6.79 Å². The monoisotopic (exact) mass is 238 g/mol. The van der Waals surface area contributed by atoms with Crippen molar-refractivity contribution in [1.29, 1.82) is 0 Å². The minimum Gasteiger partial charge on any atom is -0.454 e. The third kappa shape index (κ3) is 2.10. The van der Waals surface area contributed by atoms with Gasteiger partial charge < -0.3 is 19.3 Å². The van der Waals surface area contributed by atoms with Crippen LogP contribution >= 0.6 is 0 Å². The lowest BCUT2D eigenvalue weighted by Crippen LogP contribution is -2.24. The van der Waals surface area contributed by atoms with Crippen LogP contribution in [0, 0.1) is 0 Å². The van der Waals surface area contributed by atoms with Gasteiger partial charge >= 0.3 is 0 Å². The van der Waals surface area contributed by atoms with Crippen molar-refractivity contribution in [3.63, 3.8) is 0 Å². The van der Waals surface area contributed by atoms with Crippen molar-refractivity contribution < 1.29 is 19.3 Å². The molecule has 0 fully saturated rings. The molecule has 0 radical (unpaired) electrons. The summed E-state index contributed by atoms with van der Waals surface area (Å²) in [5.74, 6) is 1.47. The lowest BCUT2D eigenvalue weighted by molar-refractivity contribution is 0.165. The minimum atomic E-state index is -0.382. The molecule has 0 saturated carbocycles. The molecule has 1 aromatic carbocycles. The predicted molar refractivity (Wildman–Crippen MR) is 63.4 cm³/mol. The summed E-state index contributed by atoms with van der Waals surface area (Å²) in [6, 6.07) is 3.84. The first-order valence-electron chi connectivity index (χ1n) is 5.62. The number of ether oxygens (including phenoxy) is 3. The molecular formula is C13H18O4. The molecule has 0 bridgehead atoms. The second kappa shape index (κ2) is 4.55. The number of rotatable bonds is 4. The van der Waals surface area contributed by atoms with Gasteiger partial charge in [-0.25, -0.2) is 0 Å². The number of fused-ring (bicyclic) bond motifs is 1. The minimum absolute atomic E-state index is 0.0452. The van der Waals surface area contributed by atoms with E-state index in [2.05, 4.69) is 0 Å². The van der Waals surface area contributed by atoms with Crippen LogP contribution in [0.15, 0.2) is 12.1 Å². The van der Waals surface area contributed by atoms with E-state index < -0.39 is 0 Å². The van der Waals surface area contributed by atoms with Gasteiger partial charge in [0.25, 0.3) is 0 Å². The Labute approximate surface area is 101 Å². The van der Waals surface area contributed by atoms with Gasteiger partial charge in [-0.05, 0) is 11.6 Å². The first-order valence-corrected chi connectivity index (χ1v) is 5.62. The SMILES string of the molecule is COCc1ccc2c(c1C(C)(C)CO)OCO2. The van der Waals surface area contributed by atoms with Gasteiger partial charge in [-0.15, -0.1) is 0 Å². The van der Waals surface area contributed by atoms with E-state index in [9.17, 15) is 5.11 Å². The van der Waals surface area contributed by atoms with Gasteiger partial charge in [0.1, 0.15) is 0 Å².